The first-order valence-corrected chi connectivity index (χ1v) is 11.4. The van der Waals surface area contributed by atoms with Crippen molar-refractivity contribution in [3.8, 4) is 11.1 Å². The lowest BCUT2D eigenvalue weighted by Crippen LogP contribution is -2.41. The number of amides is 2. The number of carbonyl (C=O) groups excluding carboxylic acids is 2. The summed E-state index contributed by atoms with van der Waals surface area (Å²) in [6, 6.07) is 15.7. The first-order valence-electron chi connectivity index (χ1n) is 11.4. The molecule has 0 aliphatic heterocycles. The molecule has 1 heterocycles. The molecule has 2 amide bonds. The van der Waals surface area contributed by atoms with Crippen molar-refractivity contribution in [3.63, 3.8) is 0 Å². The van der Waals surface area contributed by atoms with Gasteiger partial charge in [-0.1, -0.05) is 62.4 Å². The Morgan fingerprint density at radius 1 is 1.06 bits per heavy atom. The molecule has 3 N–H and O–H groups in total. The average Bonchev–Trinajstić information content (AvgIpc) is 3.35. The number of aromatic nitrogens is 2. The van der Waals surface area contributed by atoms with Crippen molar-refractivity contribution in [1.82, 2.24) is 15.1 Å². The van der Waals surface area contributed by atoms with Gasteiger partial charge in [-0.05, 0) is 28.2 Å². The minimum absolute atomic E-state index is 0.0495. The van der Waals surface area contributed by atoms with E-state index >= 15 is 0 Å². The van der Waals surface area contributed by atoms with Crippen molar-refractivity contribution in [3.05, 3.63) is 71.4 Å². The van der Waals surface area contributed by atoms with E-state index in [-0.39, 0.29) is 36.2 Å². The normalized spacial score (nSPS) is 13.1. The average molecular weight is 477 g/mol. The highest BCUT2D eigenvalue weighted by Crippen LogP contribution is 2.44. The number of rotatable bonds is 8. The Bertz CT molecular complexity index is 1220. The zero-order valence-corrected chi connectivity index (χ0v) is 19.8. The Balaban J connectivity index is 1.38. The van der Waals surface area contributed by atoms with Gasteiger partial charge in [0, 0.05) is 25.4 Å². The van der Waals surface area contributed by atoms with Crippen LogP contribution in [0, 0.1) is 5.92 Å². The molecule has 1 unspecified atom stereocenters. The van der Waals surface area contributed by atoms with Gasteiger partial charge in [0.25, 0.3) is 0 Å². The molecular formula is C26H28N4O5. The fourth-order valence-corrected chi connectivity index (χ4v) is 4.37. The van der Waals surface area contributed by atoms with Gasteiger partial charge in [0.2, 0.25) is 5.91 Å². The Labute approximate surface area is 203 Å². The maximum Gasteiger partial charge on any atom is 0.407 e. The molecule has 4 rings (SSSR count). The van der Waals surface area contributed by atoms with E-state index < -0.39 is 24.0 Å². The van der Waals surface area contributed by atoms with Crippen molar-refractivity contribution in [2.75, 3.05) is 11.9 Å². The zero-order chi connectivity index (χ0) is 25.1. The quantitative estimate of drug-likeness (QED) is 0.452. The topological polar surface area (TPSA) is 123 Å². The number of carboxylic acids is 1. The van der Waals surface area contributed by atoms with E-state index in [0.29, 0.717) is 0 Å². The predicted molar refractivity (Wildman–Crippen MR) is 130 cm³/mol. The SMILES string of the molecule is CC(C)C(CC(=O)Nc1c(C(=O)O)cnn1C)NC(=O)OCC1c2ccccc2-c2ccccc21. The molecule has 1 atom stereocenters. The molecule has 9 nitrogen and oxygen atoms in total. The highest BCUT2D eigenvalue weighted by Gasteiger charge is 2.30. The molecule has 2 aromatic carbocycles. The van der Waals surface area contributed by atoms with Crippen LogP contribution in [0.15, 0.2) is 54.7 Å². The smallest absolute Gasteiger partial charge is 0.407 e. The van der Waals surface area contributed by atoms with Crippen molar-refractivity contribution < 1.29 is 24.2 Å². The summed E-state index contributed by atoms with van der Waals surface area (Å²) in [6.45, 7) is 3.94. The number of nitrogens with one attached hydrogen (secondary N) is 2. The molecular weight excluding hydrogens is 448 g/mol. The number of carbonyl (C=O) groups is 3. The highest BCUT2D eigenvalue weighted by atomic mass is 16.5. The summed E-state index contributed by atoms with van der Waals surface area (Å²) < 4.78 is 6.89. The molecule has 1 aliphatic rings. The van der Waals surface area contributed by atoms with Gasteiger partial charge >= 0.3 is 12.1 Å². The largest absolute Gasteiger partial charge is 0.477 e. The fourth-order valence-electron chi connectivity index (χ4n) is 4.37. The number of hydrogen-bond donors (Lipinski definition) is 3. The number of aromatic carboxylic acids is 1. The van der Waals surface area contributed by atoms with E-state index in [9.17, 15) is 19.5 Å². The molecule has 0 saturated heterocycles. The molecule has 0 saturated carbocycles. The van der Waals surface area contributed by atoms with Crippen LogP contribution in [0.2, 0.25) is 0 Å². The first kappa shape index (κ1) is 24.0. The Kier molecular flexibility index (Phi) is 6.86. The van der Waals surface area contributed by atoms with Crippen LogP contribution < -0.4 is 10.6 Å². The third kappa shape index (κ3) is 5.03. The zero-order valence-electron chi connectivity index (χ0n) is 19.8. The summed E-state index contributed by atoms with van der Waals surface area (Å²) in [7, 11) is 1.54. The Hall–Kier alpha value is -4.14. The summed E-state index contributed by atoms with van der Waals surface area (Å²) >= 11 is 0. The van der Waals surface area contributed by atoms with Gasteiger partial charge in [-0.25, -0.2) is 9.59 Å². The first-order chi connectivity index (χ1) is 16.8. The number of aryl methyl sites for hydroxylation is 1. The van der Waals surface area contributed by atoms with Crippen LogP contribution in [-0.4, -0.2) is 45.5 Å². The van der Waals surface area contributed by atoms with E-state index in [0.717, 1.165) is 22.3 Å². The number of nitrogens with zero attached hydrogens (tertiary/aromatic N) is 2. The molecule has 1 aliphatic carbocycles. The molecule has 1 aromatic heterocycles. The van der Waals surface area contributed by atoms with Crippen molar-refractivity contribution in [2.24, 2.45) is 13.0 Å². The minimum atomic E-state index is -1.19. The van der Waals surface area contributed by atoms with Gasteiger partial charge in [-0.15, -0.1) is 0 Å². The van der Waals surface area contributed by atoms with Gasteiger partial charge < -0.3 is 20.5 Å². The van der Waals surface area contributed by atoms with Crippen LogP contribution in [0.25, 0.3) is 11.1 Å². The lowest BCUT2D eigenvalue weighted by atomic mass is 9.98. The second kappa shape index (κ2) is 10.0. The standard InChI is InChI=1S/C26H28N4O5/c1-15(2)22(12-23(31)29-24-20(25(32)33)13-27-30(24)3)28-26(34)35-14-21-18-10-6-4-8-16(18)17-9-5-7-11-19(17)21/h4-11,13,15,21-22H,12,14H2,1-3H3,(H,28,34)(H,29,31)(H,32,33). The second-order valence-corrected chi connectivity index (χ2v) is 8.91. The fraction of sp³-hybridized carbons (Fsp3) is 0.308. The molecule has 182 valence electrons. The third-order valence-corrected chi connectivity index (χ3v) is 6.28. The summed E-state index contributed by atoms with van der Waals surface area (Å²) in [5.74, 6) is -1.66. The maximum atomic E-state index is 12.7. The van der Waals surface area contributed by atoms with E-state index in [1.54, 1.807) is 0 Å². The number of benzene rings is 2. The number of alkyl carbamates (subject to hydrolysis) is 1. The van der Waals surface area contributed by atoms with Crippen LogP contribution >= 0.6 is 0 Å². The van der Waals surface area contributed by atoms with Gasteiger partial charge in [0.1, 0.15) is 18.0 Å². The minimum Gasteiger partial charge on any atom is -0.477 e. The molecule has 9 heteroatoms. The maximum absolute atomic E-state index is 12.7. The number of fused-ring (bicyclic) bond motifs is 3. The van der Waals surface area contributed by atoms with Gasteiger partial charge in [0.05, 0.1) is 6.20 Å². The van der Waals surface area contributed by atoms with Gasteiger partial charge in [-0.3, -0.25) is 9.48 Å². The summed E-state index contributed by atoms with van der Waals surface area (Å²) in [5.41, 5.74) is 4.42. The van der Waals surface area contributed by atoms with Crippen molar-refractivity contribution in [2.45, 2.75) is 32.2 Å². The van der Waals surface area contributed by atoms with Crippen LogP contribution in [0.1, 0.15) is 47.7 Å². The number of anilines is 1. The second-order valence-electron chi connectivity index (χ2n) is 8.91. The summed E-state index contributed by atoms with van der Waals surface area (Å²) in [5, 5.41) is 18.5. The highest BCUT2D eigenvalue weighted by molar-refractivity contribution is 5.99. The number of ether oxygens (including phenoxy) is 1. The van der Waals surface area contributed by atoms with E-state index in [1.807, 2.05) is 50.2 Å². The Morgan fingerprint density at radius 2 is 1.66 bits per heavy atom. The van der Waals surface area contributed by atoms with Gasteiger partial charge in [0.15, 0.2) is 0 Å². The monoisotopic (exact) mass is 476 g/mol. The van der Waals surface area contributed by atoms with E-state index in [2.05, 4.69) is 27.9 Å². The number of carboxylic acid groups (broad SMARTS) is 1. The van der Waals surface area contributed by atoms with E-state index in [4.69, 9.17) is 4.74 Å². The van der Waals surface area contributed by atoms with E-state index in [1.165, 1.54) is 17.9 Å². The molecule has 0 bridgehead atoms. The van der Waals surface area contributed by atoms with Crippen LogP contribution in [0.3, 0.4) is 0 Å². The van der Waals surface area contributed by atoms with Crippen molar-refractivity contribution >= 4 is 23.8 Å². The molecule has 3 aromatic rings. The van der Waals surface area contributed by atoms with Crippen molar-refractivity contribution in [1.29, 1.82) is 0 Å². The molecule has 35 heavy (non-hydrogen) atoms. The van der Waals surface area contributed by atoms with Gasteiger partial charge in [-0.2, -0.15) is 5.10 Å². The predicted octanol–water partition coefficient (Wildman–Crippen LogP) is 4.01. The van der Waals surface area contributed by atoms with Crippen LogP contribution in [0.5, 0.6) is 0 Å². The summed E-state index contributed by atoms with van der Waals surface area (Å²) in [6.07, 6.45) is 0.518. The molecule has 0 radical (unpaired) electrons. The lowest BCUT2D eigenvalue weighted by Gasteiger charge is -2.22. The van der Waals surface area contributed by atoms with Crippen LogP contribution in [0.4, 0.5) is 10.6 Å². The lowest BCUT2D eigenvalue weighted by molar-refractivity contribution is -0.116. The third-order valence-electron chi connectivity index (χ3n) is 6.28. The molecule has 0 spiro atoms. The Morgan fingerprint density at radius 3 is 2.23 bits per heavy atom. The van der Waals surface area contributed by atoms with Crippen LogP contribution in [-0.2, 0) is 16.6 Å². The molecule has 0 fully saturated rings. The summed E-state index contributed by atoms with van der Waals surface area (Å²) in [4.78, 5) is 36.7. The number of hydrogen-bond acceptors (Lipinski definition) is 5.